The summed E-state index contributed by atoms with van der Waals surface area (Å²) in [6.45, 7) is 0. The summed E-state index contributed by atoms with van der Waals surface area (Å²) in [7, 11) is 0. The van der Waals surface area contributed by atoms with Gasteiger partial charge in [-0.1, -0.05) is 109 Å². The Balaban J connectivity index is 1.22. The number of aromatic nitrogens is 2. The van der Waals surface area contributed by atoms with Gasteiger partial charge in [0.2, 0.25) is 0 Å². The van der Waals surface area contributed by atoms with Crippen molar-refractivity contribution in [3.8, 4) is 91.3 Å². The van der Waals surface area contributed by atoms with Gasteiger partial charge in [-0.15, -0.1) is 0 Å². The van der Waals surface area contributed by atoms with Gasteiger partial charge in [0.15, 0.2) is 0 Å². The second kappa shape index (κ2) is 18.6. The highest BCUT2D eigenvalue weighted by molar-refractivity contribution is 6.13. The van der Waals surface area contributed by atoms with Gasteiger partial charge in [-0.05, 0) is 147 Å². The van der Waals surface area contributed by atoms with Crippen LogP contribution in [0.15, 0.2) is 206 Å². The highest BCUT2D eigenvalue weighted by Crippen LogP contribution is 2.47. The molecule has 2 heterocycles. The summed E-state index contributed by atoms with van der Waals surface area (Å²) in [4.78, 5) is 0. The largest absolute Gasteiger partial charge is 0.418 e. The molecule has 0 fully saturated rings. The fourth-order valence-electron chi connectivity index (χ4n) is 10.5. The zero-order valence-electron chi connectivity index (χ0n) is 40.6. The van der Waals surface area contributed by atoms with E-state index in [0.29, 0.717) is 110 Å². The maximum atomic E-state index is 16.7. The molecule has 12 heteroatoms. The predicted octanol–water partition coefficient (Wildman–Crippen LogP) is 17.7. The Morgan fingerprint density at radius 2 is 0.615 bits per heavy atom. The first kappa shape index (κ1) is 48.3. The molecule has 10 aromatic carbocycles. The molecule has 0 saturated carbocycles. The number of alkyl halides is 6. The second-order valence-corrected chi connectivity index (χ2v) is 18.8. The molecule has 0 radical (unpaired) electrons. The van der Waals surface area contributed by atoms with Gasteiger partial charge in [-0.2, -0.15) is 47.4 Å². The van der Waals surface area contributed by atoms with Crippen LogP contribution in [-0.2, 0) is 12.4 Å². The molecule has 0 spiro atoms. The van der Waals surface area contributed by atoms with Crippen LogP contribution in [-0.4, -0.2) is 9.13 Å². The van der Waals surface area contributed by atoms with Crippen LogP contribution in [0.5, 0.6) is 0 Å². The van der Waals surface area contributed by atoms with E-state index >= 15 is 13.2 Å². The molecule has 12 aromatic rings. The standard InChI is InChI=1S/C66H34F6N6/c67-65(68,69)52-3-1-2-51(28-52)57-33-64(78-61-31-49(45-16-8-41(37-75)9-17-45)22-26-55(61)56-27-23-50(32-62(56)78)46-18-10-42(38-76)11-19-46)58(66(70,71)72)34-63(57)77-59-29-47(43-12-4-39(35-73)5-13-43)20-24-53(59)54-25-21-48(30-60(54)77)44-14-6-40(36-74)7-15-44/h1-34H. The van der Waals surface area contributed by atoms with Gasteiger partial charge in [-0.25, -0.2) is 0 Å². The third-order valence-corrected chi connectivity index (χ3v) is 14.3. The van der Waals surface area contributed by atoms with Crippen molar-refractivity contribution in [1.82, 2.24) is 9.13 Å². The van der Waals surface area contributed by atoms with Crippen LogP contribution in [0.2, 0.25) is 0 Å². The molecule has 6 nitrogen and oxygen atoms in total. The van der Waals surface area contributed by atoms with Gasteiger partial charge < -0.3 is 9.13 Å². The normalized spacial score (nSPS) is 11.7. The smallest absolute Gasteiger partial charge is 0.309 e. The average molecular weight is 1030 g/mol. The van der Waals surface area contributed by atoms with E-state index in [9.17, 15) is 34.2 Å². The molecule has 0 N–H and O–H groups in total. The Bertz CT molecular complexity index is 4360. The van der Waals surface area contributed by atoms with Crippen molar-refractivity contribution in [2.75, 3.05) is 0 Å². The quantitative estimate of drug-likeness (QED) is 0.148. The molecule has 12 rings (SSSR count). The fourth-order valence-corrected chi connectivity index (χ4v) is 10.5. The van der Waals surface area contributed by atoms with Crippen molar-refractivity contribution < 1.29 is 26.3 Å². The first-order chi connectivity index (χ1) is 37.7. The van der Waals surface area contributed by atoms with E-state index in [1.54, 1.807) is 114 Å². The molecular formula is C66H34F6N6. The zero-order chi connectivity index (χ0) is 54.0. The zero-order valence-corrected chi connectivity index (χ0v) is 40.6. The topological polar surface area (TPSA) is 105 Å². The molecule has 0 aliphatic carbocycles. The van der Waals surface area contributed by atoms with E-state index in [-0.39, 0.29) is 22.5 Å². The van der Waals surface area contributed by atoms with Crippen molar-refractivity contribution in [1.29, 1.82) is 21.0 Å². The summed E-state index contributed by atoms with van der Waals surface area (Å²) in [6.07, 6.45) is -9.89. The van der Waals surface area contributed by atoms with Crippen molar-refractivity contribution in [3.05, 3.63) is 240 Å². The summed E-state index contributed by atoms with van der Waals surface area (Å²) in [5.74, 6) is 0. The number of hydrogen-bond donors (Lipinski definition) is 0. The van der Waals surface area contributed by atoms with Crippen molar-refractivity contribution in [2.24, 2.45) is 0 Å². The number of hydrogen-bond acceptors (Lipinski definition) is 4. The maximum Gasteiger partial charge on any atom is 0.418 e. The molecule has 0 atom stereocenters. The highest BCUT2D eigenvalue weighted by Gasteiger charge is 2.38. The molecule has 370 valence electrons. The highest BCUT2D eigenvalue weighted by atomic mass is 19.4. The van der Waals surface area contributed by atoms with Crippen LogP contribution >= 0.6 is 0 Å². The van der Waals surface area contributed by atoms with Crippen LogP contribution in [0.3, 0.4) is 0 Å². The SMILES string of the molecule is N#Cc1ccc(-c2ccc3c4ccc(-c5ccc(C#N)cc5)cc4n(-c4cc(C(F)(F)F)c(-n5c6cc(-c7ccc(C#N)cc7)ccc6c6ccc(-c7ccc(C#N)cc7)cc65)cc4-c4cccc(C(F)(F)F)c4)c3c2)cc1. The van der Waals surface area contributed by atoms with Crippen molar-refractivity contribution in [2.45, 2.75) is 12.4 Å². The molecular weight excluding hydrogens is 991 g/mol. The lowest BCUT2D eigenvalue weighted by atomic mass is 9.96. The predicted molar refractivity (Wildman–Crippen MR) is 291 cm³/mol. The number of nitrogens with zero attached hydrogens (tertiary/aromatic N) is 6. The lowest BCUT2D eigenvalue weighted by molar-refractivity contribution is -0.138. The lowest BCUT2D eigenvalue weighted by Crippen LogP contribution is -2.13. The Labute approximate surface area is 441 Å². The average Bonchev–Trinajstić information content (AvgIpc) is 4.04. The molecule has 0 bridgehead atoms. The fraction of sp³-hybridized carbons (Fsp3) is 0.0303. The summed E-state index contributed by atoms with van der Waals surface area (Å²) < 4.78 is 97.9. The van der Waals surface area contributed by atoms with E-state index in [1.807, 2.05) is 60.7 Å². The summed E-state index contributed by atoms with van der Waals surface area (Å²) in [5.41, 5.74) is 6.27. The number of nitriles is 4. The molecule has 0 unspecified atom stereocenters. The van der Waals surface area contributed by atoms with Gasteiger partial charge in [-0.3, -0.25) is 0 Å². The van der Waals surface area contributed by atoms with E-state index in [0.717, 1.165) is 18.2 Å². The van der Waals surface area contributed by atoms with Gasteiger partial charge >= 0.3 is 12.4 Å². The van der Waals surface area contributed by atoms with Gasteiger partial charge in [0.25, 0.3) is 0 Å². The van der Waals surface area contributed by atoms with E-state index in [2.05, 4.69) is 24.3 Å². The Morgan fingerprint density at radius 3 is 0.923 bits per heavy atom. The summed E-state index contributed by atoms with van der Waals surface area (Å²) in [6, 6.07) is 64.8. The van der Waals surface area contributed by atoms with Gasteiger partial charge in [0.05, 0.1) is 91.1 Å². The molecule has 0 saturated heterocycles. The van der Waals surface area contributed by atoms with E-state index < -0.39 is 23.5 Å². The van der Waals surface area contributed by atoms with Crippen molar-refractivity contribution in [3.63, 3.8) is 0 Å². The van der Waals surface area contributed by atoms with Crippen LogP contribution in [0.1, 0.15) is 33.4 Å². The molecule has 2 aromatic heterocycles. The minimum Gasteiger partial charge on any atom is -0.309 e. The Kier molecular flexibility index (Phi) is 11.5. The van der Waals surface area contributed by atoms with Crippen LogP contribution in [0, 0.1) is 45.3 Å². The number of fused-ring (bicyclic) bond motifs is 6. The van der Waals surface area contributed by atoms with E-state index in [4.69, 9.17) is 0 Å². The first-order valence-corrected chi connectivity index (χ1v) is 24.3. The summed E-state index contributed by atoms with van der Waals surface area (Å²) in [5, 5.41) is 40.8. The third-order valence-electron chi connectivity index (χ3n) is 14.3. The van der Waals surface area contributed by atoms with Crippen LogP contribution in [0.4, 0.5) is 26.3 Å². The number of benzene rings is 10. The number of halogens is 6. The molecule has 0 aliphatic heterocycles. The Morgan fingerprint density at radius 1 is 0.295 bits per heavy atom. The van der Waals surface area contributed by atoms with Gasteiger partial charge in [0, 0.05) is 27.1 Å². The minimum absolute atomic E-state index is 0.00592. The van der Waals surface area contributed by atoms with Gasteiger partial charge in [0.1, 0.15) is 0 Å². The molecule has 0 aliphatic rings. The van der Waals surface area contributed by atoms with Crippen LogP contribution in [0.25, 0.3) is 111 Å². The first-order valence-electron chi connectivity index (χ1n) is 24.3. The third kappa shape index (κ3) is 8.41. The lowest BCUT2D eigenvalue weighted by Gasteiger charge is -2.23. The minimum atomic E-state index is -5.07. The monoisotopic (exact) mass is 1020 g/mol. The maximum absolute atomic E-state index is 16.7. The molecule has 78 heavy (non-hydrogen) atoms. The second-order valence-electron chi connectivity index (χ2n) is 18.8. The van der Waals surface area contributed by atoms with Crippen LogP contribution < -0.4 is 0 Å². The molecule has 0 amide bonds. The van der Waals surface area contributed by atoms with Crippen molar-refractivity contribution >= 4 is 43.6 Å². The summed E-state index contributed by atoms with van der Waals surface area (Å²) >= 11 is 0. The van der Waals surface area contributed by atoms with E-state index in [1.165, 1.54) is 22.8 Å². The number of rotatable bonds is 7. The Hall–Kier alpha value is -10.7.